The lowest BCUT2D eigenvalue weighted by atomic mass is 10.0. The van der Waals surface area contributed by atoms with Crippen molar-refractivity contribution in [2.45, 2.75) is 37.8 Å². The molecular weight excluding hydrogens is 264 g/mol. The fraction of sp³-hybridized carbons (Fsp3) is 0.647. The molecule has 21 heavy (non-hydrogen) atoms. The maximum absolute atomic E-state index is 6.15. The van der Waals surface area contributed by atoms with Gasteiger partial charge in [-0.15, -0.1) is 0 Å². The van der Waals surface area contributed by atoms with Crippen molar-refractivity contribution in [3.63, 3.8) is 0 Å². The third-order valence-electron chi connectivity index (χ3n) is 4.63. The summed E-state index contributed by atoms with van der Waals surface area (Å²) in [6.07, 6.45) is 5.17. The number of hydrogen-bond donors (Lipinski definition) is 1. The number of para-hydroxylation sites is 2. The molecule has 0 bridgehead atoms. The van der Waals surface area contributed by atoms with Crippen LogP contribution in [0.1, 0.15) is 25.7 Å². The highest BCUT2D eigenvalue weighted by Gasteiger charge is 2.27. The number of nitrogens with zero attached hydrogens (tertiary/aromatic N) is 1. The molecule has 2 aliphatic rings. The molecule has 0 spiro atoms. The van der Waals surface area contributed by atoms with Crippen LogP contribution >= 0.6 is 0 Å². The van der Waals surface area contributed by atoms with E-state index in [1.165, 1.54) is 19.4 Å². The quantitative estimate of drug-likeness (QED) is 0.922. The first kappa shape index (κ1) is 14.7. The largest absolute Gasteiger partial charge is 0.493 e. The van der Waals surface area contributed by atoms with Gasteiger partial charge in [-0.05, 0) is 44.4 Å². The minimum Gasteiger partial charge on any atom is -0.493 e. The number of likely N-dealkylation sites (tertiary alicyclic amines) is 1. The maximum Gasteiger partial charge on any atom is 0.161 e. The van der Waals surface area contributed by atoms with Crippen molar-refractivity contribution >= 4 is 0 Å². The molecule has 1 aromatic rings. The lowest BCUT2D eigenvalue weighted by Crippen LogP contribution is -2.50. The van der Waals surface area contributed by atoms with E-state index in [0.29, 0.717) is 6.10 Å². The molecule has 0 aromatic heterocycles. The van der Waals surface area contributed by atoms with Gasteiger partial charge in [0.05, 0.1) is 7.11 Å². The molecule has 0 aliphatic carbocycles. The highest BCUT2D eigenvalue weighted by molar-refractivity contribution is 5.39. The predicted octanol–water partition coefficient (Wildman–Crippen LogP) is 2.29. The summed E-state index contributed by atoms with van der Waals surface area (Å²) >= 11 is 0. The fourth-order valence-electron chi connectivity index (χ4n) is 3.40. The van der Waals surface area contributed by atoms with Crippen LogP contribution in [-0.2, 0) is 0 Å². The predicted molar refractivity (Wildman–Crippen MR) is 84.1 cm³/mol. The molecule has 1 N–H and O–H groups in total. The van der Waals surface area contributed by atoms with Crippen molar-refractivity contribution in [1.29, 1.82) is 0 Å². The smallest absolute Gasteiger partial charge is 0.161 e. The average molecular weight is 290 g/mol. The van der Waals surface area contributed by atoms with E-state index in [1.807, 2.05) is 24.3 Å². The van der Waals surface area contributed by atoms with Gasteiger partial charge >= 0.3 is 0 Å². The molecule has 0 unspecified atom stereocenters. The Morgan fingerprint density at radius 3 is 2.52 bits per heavy atom. The van der Waals surface area contributed by atoms with Crippen molar-refractivity contribution < 1.29 is 9.47 Å². The number of methoxy groups -OCH3 is 1. The molecule has 2 aliphatic heterocycles. The Bertz CT molecular complexity index is 438. The molecule has 2 heterocycles. The summed E-state index contributed by atoms with van der Waals surface area (Å²) in [7, 11) is 1.70. The summed E-state index contributed by atoms with van der Waals surface area (Å²) in [4.78, 5) is 2.63. The van der Waals surface area contributed by atoms with Crippen LogP contribution in [0.25, 0.3) is 0 Å². The summed E-state index contributed by atoms with van der Waals surface area (Å²) in [5, 5.41) is 3.51. The van der Waals surface area contributed by atoms with E-state index in [-0.39, 0.29) is 0 Å². The van der Waals surface area contributed by atoms with Crippen LogP contribution in [0.15, 0.2) is 24.3 Å². The maximum atomic E-state index is 6.15. The molecule has 2 saturated heterocycles. The molecule has 116 valence electrons. The van der Waals surface area contributed by atoms with E-state index < -0.39 is 0 Å². The molecule has 3 rings (SSSR count). The van der Waals surface area contributed by atoms with Gasteiger partial charge in [0, 0.05) is 25.7 Å². The van der Waals surface area contributed by atoms with Gasteiger partial charge in [0.15, 0.2) is 11.5 Å². The molecule has 1 atom stereocenters. The molecule has 2 fully saturated rings. The molecule has 4 nitrogen and oxygen atoms in total. The first-order valence-electron chi connectivity index (χ1n) is 8.11. The molecule has 1 aromatic carbocycles. The second-order valence-electron chi connectivity index (χ2n) is 6.00. The van der Waals surface area contributed by atoms with Crippen LogP contribution in [0, 0.1) is 0 Å². The topological polar surface area (TPSA) is 33.7 Å². The third kappa shape index (κ3) is 3.69. The first-order chi connectivity index (χ1) is 10.4. The zero-order valence-corrected chi connectivity index (χ0v) is 12.9. The number of rotatable bonds is 4. The highest BCUT2D eigenvalue weighted by atomic mass is 16.5. The zero-order valence-electron chi connectivity index (χ0n) is 12.9. The minimum atomic E-state index is 0.314. The van der Waals surface area contributed by atoms with Gasteiger partial charge in [-0.3, -0.25) is 4.90 Å². The Hall–Kier alpha value is -1.26. The van der Waals surface area contributed by atoms with E-state index in [9.17, 15) is 0 Å². The van der Waals surface area contributed by atoms with Gasteiger partial charge in [0.2, 0.25) is 0 Å². The summed E-state index contributed by atoms with van der Waals surface area (Å²) in [5.74, 6) is 1.70. The van der Waals surface area contributed by atoms with Gasteiger partial charge in [0.25, 0.3) is 0 Å². The molecule has 0 saturated carbocycles. The normalized spacial score (nSPS) is 24.7. The monoisotopic (exact) mass is 290 g/mol. The second kappa shape index (κ2) is 7.14. The van der Waals surface area contributed by atoms with Crippen LogP contribution in [0.3, 0.4) is 0 Å². The Kier molecular flexibility index (Phi) is 4.99. The standard InChI is InChI=1S/C17H26N2O2/c1-20-16-6-2-3-7-17(16)21-15-8-11-19(12-9-15)14-5-4-10-18-13-14/h2-3,6-7,14-15,18H,4-5,8-13H2,1H3/t14-/m1/s1. The number of benzene rings is 1. The van der Waals surface area contributed by atoms with E-state index >= 15 is 0 Å². The van der Waals surface area contributed by atoms with Crippen molar-refractivity contribution in [1.82, 2.24) is 10.2 Å². The fourth-order valence-corrected chi connectivity index (χ4v) is 3.40. The summed E-state index contributed by atoms with van der Waals surface area (Å²) in [5.41, 5.74) is 0. The Labute approximate surface area is 127 Å². The lowest BCUT2D eigenvalue weighted by Gasteiger charge is -2.39. The number of ether oxygens (including phenoxy) is 2. The van der Waals surface area contributed by atoms with Gasteiger partial charge in [0.1, 0.15) is 6.10 Å². The SMILES string of the molecule is COc1ccccc1OC1CCN([C@@H]2CCCNC2)CC1. The van der Waals surface area contributed by atoms with Crippen molar-refractivity contribution in [3.05, 3.63) is 24.3 Å². The van der Waals surface area contributed by atoms with E-state index in [4.69, 9.17) is 9.47 Å². The Morgan fingerprint density at radius 2 is 1.86 bits per heavy atom. The number of nitrogens with one attached hydrogen (secondary N) is 1. The van der Waals surface area contributed by atoms with Crippen molar-refractivity contribution in [2.24, 2.45) is 0 Å². The van der Waals surface area contributed by atoms with Gasteiger partial charge in [-0.25, -0.2) is 0 Å². The third-order valence-corrected chi connectivity index (χ3v) is 4.63. The van der Waals surface area contributed by atoms with Crippen LogP contribution in [0.5, 0.6) is 11.5 Å². The van der Waals surface area contributed by atoms with Crippen molar-refractivity contribution in [3.8, 4) is 11.5 Å². The average Bonchev–Trinajstić information content (AvgIpc) is 2.57. The Balaban J connectivity index is 1.51. The van der Waals surface area contributed by atoms with Crippen LogP contribution in [0.4, 0.5) is 0 Å². The van der Waals surface area contributed by atoms with Crippen LogP contribution in [-0.4, -0.2) is 50.3 Å². The number of hydrogen-bond acceptors (Lipinski definition) is 4. The summed E-state index contributed by atoms with van der Waals surface area (Å²) in [6, 6.07) is 8.66. The van der Waals surface area contributed by atoms with Crippen molar-refractivity contribution in [2.75, 3.05) is 33.3 Å². The molecule has 0 amide bonds. The van der Waals surface area contributed by atoms with Crippen LogP contribution < -0.4 is 14.8 Å². The van der Waals surface area contributed by atoms with E-state index in [0.717, 1.165) is 50.0 Å². The van der Waals surface area contributed by atoms with Gasteiger partial charge < -0.3 is 14.8 Å². The van der Waals surface area contributed by atoms with Crippen LogP contribution in [0.2, 0.25) is 0 Å². The minimum absolute atomic E-state index is 0.314. The van der Waals surface area contributed by atoms with E-state index in [2.05, 4.69) is 10.2 Å². The van der Waals surface area contributed by atoms with Gasteiger partial charge in [-0.2, -0.15) is 0 Å². The second-order valence-corrected chi connectivity index (χ2v) is 6.00. The van der Waals surface area contributed by atoms with Gasteiger partial charge in [-0.1, -0.05) is 12.1 Å². The molecule has 4 heteroatoms. The number of piperidine rings is 2. The summed E-state index contributed by atoms with van der Waals surface area (Å²) < 4.78 is 11.5. The summed E-state index contributed by atoms with van der Waals surface area (Å²) in [6.45, 7) is 4.63. The van der Waals surface area contributed by atoms with E-state index in [1.54, 1.807) is 7.11 Å². The lowest BCUT2D eigenvalue weighted by molar-refractivity contribution is 0.0657. The molecular formula is C17H26N2O2. The first-order valence-corrected chi connectivity index (χ1v) is 8.11. The Morgan fingerprint density at radius 1 is 1.10 bits per heavy atom. The highest BCUT2D eigenvalue weighted by Crippen LogP contribution is 2.29. The zero-order chi connectivity index (χ0) is 14.5. The molecule has 0 radical (unpaired) electrons.